The molecule has 2 fully saturated rings. The van der Waals surface area contributed by atoms with Gasteiger partial charge in [-0.2, -0.15) is 0 Å². The standard InChI is InChI=1S/C24H35N3O3/c1-18(28)25-15-24(29)27(17-23-7-4-12-30-23)16-19-8-10-26(11-9-19)22-13-20-5-2-3-6-21(20)14-22/h2-3,5-6,19,22-23H,4,7-17H2,1H3,(H,25,28). The monoisotopic (exact) mass is 413 g/mol. The quantitative estimate of drug-likeness (QED) is 0.743. The van der Waals surface area contributed by atoms with Crippen LogP contribution in [0.5, 0.6) is 0 Å². The Morgan fingerprint density at radius 1 is 1.10 bits per heavy atom. The zero-order valence-electron chi connectivity index (χ0n) is 18.1. The zero-order valence-corrected chi connectivity index (χ0v) is 18.1. The highest BCUT2D eigenvalue weighted by Gasteiger charge is 2.31. The SMILES string of the molecule is CC(=O)NCC(=O)N(CC1CCN(C2Cc3ccccc3C2)CC1)CC1CCCO1. The number of piperidine rings is 1. The molecular weight excluding hydrogens is 378 g/mol. The van der Waals surface area contributed by atoms with Crippen molar-refractivity contribution in [2.75, 3.05) is 39.3 Å². The van der Waals surface area contributed by atoms with Crippen LogP contribution in [0.15, 0.2) is 24.3 Å². The van der Waals surface area contributed by atoms with E-state index in [2.05, 4.69) is 34.5 Å². The van der Waals surface area contributed by atoms with Crippen LogP contribution in [0.4, 0.5) is 0 Å². The smallest absolute Gasteiger partial charge is 0.242 e. The van der Waals surface area contributed by atoms with E-state index in [1.165, 1.54) is 30.9 Å². The third-order valence-corrected chi connectivity index (χ3v) is 6.96. The number of hydrogen-bond donors (Lipinski definition) is 1. The number of likely N-dealkylation sites (tertiary alicyclic amines) is 1. The van der Waals surface area contributed by atoms with Crippen molar-refractivity contribution in [3.05, 3.63) is 35.4 Å². The molecule has 1 aromatic carbocycles. The first-order valence-corrected chi connectivity index (χ1v) is 11.5. The Labute approximate surface area is 179 Å². The fourth-order valence-corrected chi connectivity index (χ4v) is 5.23. The van der Waals surface area contributed by atoms with E-state index in [4.69, 9.17) is 4.74 Å². The molecule has 6 heteroatoms. The van der Waals surface area contributed by atoms with Crippen LogP contribution in [-0.4, -0.2) is 73.1 Å². The zero-order chi connectivity index (χ0) is 20.9. The molecule has 1 aromatic rings. The summed E-state index contributed by atoms with van der Waals surface area (Å²) in [7, 11) is 0. The van der Waals surface area contributed by atoms with Crippen LogP contribution in [0.2, 0.25) is 0 Å². The highest BCUT2D eigenvalue weighted by atomic mass is 16.5. The molecule has 4 rings (SSSR count). The van der Waals surface area contributed by atoms with Gasteiger partial charge in [-0.25, -0.2) is 0 Å². The average Bonchev–Trinajstić information content (AvgIpc) is 3.41. The molecule has 1 N–H and O–H groups in total. The number of hydrogen-bond acceptors (Lipinski definition) is 4. The number of amides is 2. The van der Waals surface area contributed by atoms with Crippen LogP contribution < -0.4 is 5.32 Å². The van der Waals surface area contributed by atoms with E-state index >= 15 is 0 Å². The number of nitrogens with one attached hydrogen (secondary N) is 1. The van der Waals surface area contributed by atoms with E-state index in [1.54, 1.807) is 0 Å². The van der Waals surface area contributed by atoms with Gasteiger partial charge in [0.2, 0.25) is 11.8 Å². The molecule has 164 valence electrons. The number of ether oxygens (including phenoxy) is 1. The third kappa shape index (κ3) is 5.41. The van der Waals surface area contributed by atoms with E-state index in [0.29, 0.717) is 18.5 Å². The Morgan fingerprint density at radius 3 is 2.40 bits per heavy atom. The molecule has 0 saturated carbocycles. The summed E-state index contributed by atoms with van der Waals surface area (Å²) in [6.45, 7) is 5.97. The van der Waals surface area contributed by atoms with Crippen molar-refractivity contribution in [2.45, 2.75) is 57.6 Å². The van der Waals surface area contributed by atoms with Crippen LogP contribution in [0.3, 0.4) is 0 Å². The minimum Gasteiger partial charge on any atom is -0.376 e. The lowest BCUT2D eigenvalue weighted by atomic mass is 9.94. The van der Waals surface area contributed by atoms with Crippen molar-refractivity contribution in [3.8, 4) is 0 Å². The van der Waals surface area contributed by atoms with Crippen LogP contribution in [0.1, 0.15) is 43.7 Å². The lowest BCUT2D eigenvalue weighted by Crippen LogP contribution is -2.48. The van der Waals surface area contributed by atoms with Crippen LogP contribution >= 0.6 is 0 Å². The van der Waals surface area contributed by atoms with Crippen LogP contribution in [0, 0.1) is 5.92 Å². The second-order valence-corrected chi connectivity index (χ2v) is 9.15. The molecule has 0 aromatic heterocycles. The molecule has 0 spiro atoms. The van der Waals surface area contributed by atoms with Gasteiger partial charge in [0.25, 0.3) is 0 Å². The molecule has 1 aliphatic carbocycles. The molecule has 30 heavy (non-hydrogen) atoms. The predicted octanol–water partition coefficient (Wildman–Crippen LogP) is 2.01. The van der Waals surface area contributed by atoms with Gasteiger partial charge in [0, 0.05) is 32.7 Å². The van der Waals surface area contributed by atoms with Gasteiger partial charge < -0.3 is 15.0 Å². The van der Waals surface area contributed by atoms with Crippen molar-refractivity contribution in [3.63, 3.8) is 0 Å². The van der Waals surface area contributed by atoms with Gasteiger partial charge in [-0.3, -0.25) is 14.5 Å². The molecular formula is C24H35N3O3. The van der Waals surface area contributed by atoms with Gasteiger partial charge in [-0.15, -0.1) is 0 Å². The lowest BCUT2D eigenvalue weighted by molar-refractivity contribution is -0.134. The second kappa shape index (κ2) is 9.92. The molecule has 0 bridgehead atoms. The fourth-order valence-electron chi connectivity index (χ4n) is 5.23. The summed E-state index contributed by atoms with van der Waals surface area (Å²) in [6.07, 6.45) is 6.82. The third-order valence-electron chi connectivity index (χ3n) is 6.96. The van der Waals surface area contributed by atoms with E-state index in [-0.39, 0.29) is 24.5 Å². The van der Waals surface area contributed by atoms with E-state index < -0.39 is 0 Å². The Kier molecular flexibility index (Phi) is 7.05. The first-order chi connectivity index (χ1) is 14.6. The molecule has 1 unspecified atom stereocenters. The second-order valence-electron chi connectivity index (χ2n) is 9.15. The Hall–Kier alpha value is -1.92. The van der Waals surface area contributed by atoms with Gasteiger partial charge in [-0.05, 0) is 68.7 Å². The molecule has 2 saturated heterocycles. The number of carbonyl (C=O) groups excluding carboxylic acids is 2. The minimum absolute atomic E-state index is 0.00868. The normalized spacial score (nSPS) is 22.8. The largest absolute Gasteiger partial charge is 0.376 e. The van der Waals surface area contributed by atoms with E-state index in [0.717, 1.165) is 51.9 Å². The number of fused-ring (bicyclic) bond motifs is 1. The van der Waals surface area contributed by atoms with Crippen molar-refractivity contribution in [1.29, 1.82) is 0 Å². The summed E-state index contributed by atoms with van der Waals surface area (Å²) >= 11 is 0. The maximum absolute atomic E-state index is 12.8. The van der Waals surface area contributed by atoms with E-state index in [1.807, 2.05) is 4.90 Å². The van der Waals surface area contributed by atoms with Crippen LogP contribution in [-0.2, 0) is 27.2 Å². The number of benzene rings is 1. The molecule has 2 aliphatic heterocycles. The highest BCUT2D eigenvalue weighted by molar-refractivity contribution is 5.83. The Bertz CT molecular complexity index is 714. The van der Waals surface area contributed by atoms with Gasteiger partial charge in [0.1, 0.15) is 0 Å². The fraction of sp³-hybridized carbons (Fsp3) is 0.667. The van der Waals surface area contributed by atoms with Crippen molar-refractivity contribution in [1.82, 2.24) is 15.1 Å². The molecule has 1 atom stereocenters. The van der Waals surface area contributed by atoms with Gasteiger partial charge in [0.15, 0.2) is 0 Å². The first kappa shape index (κ1) is 21.3. The Morgan fingerprint density at radius 2 is 1.80 bits per heavy atom. The number of rotatable bonds is 7. The number of carbonyl (C=O) groups is 2. The topological polar surface area (TPSA) is 61.9 Å². The van der Waals surface area contributed by atoms with Crippen molar-refractivity contribution in [2.24, 2.45) is 5.92 Å². The molecule has 2 heterocycles. The molecule has 0 radical (unpaired) electrons. The minimum atomic E-state index is -0.161. The maximum Gasteiger partial charge on any atom is 0.242 e. The highest BCUT2D eigenvalue weighted by Crippen LogP contribution is 2.29. The maximum atomic E-state index is 12.8. The molecule has 2 amide bonds. The van der Waals surface area contributed by atoms with Gasteiger partial charge in [-0.1, -0.05) is 24.3 Å². The summed E-state index contributed by atoms with van der Waals surface area (Å²) in [5.41, 5.74) is 3.02. The van der Waals surface area contributed by atoms with Crippen molar-refractivity contribution >= 4 is 11.8 Å². The molecule has 3 aliphatic rings. The molecule has 6 nitrogen and oxygen atoms in total. The summed E-state index contributed by atoms with van der Waals surface area (Å²) in [4.78, 5) is 28.6. The van der Waals surface area contributed by atoms with Gasteiger partial charge >= 0.3 is 0 Å². The average molecular weight is 414 g/mol. The van der Waals surface area contributed by atoms with Gasteiger partial charge in [0.05, 0.1) is 12.6 Å². The first-order valence-electron chi connectivity index (χ1n) is 11.5. The van der Waals surface area contributed by atoms with E-state index in [9.17, 15) is 9.59 Å². The Balaban J connectivity index is 1.28. The summed E-state index contributed by atoms with van der Waals surface area (Å²) in [5.74, 6) is 0.369. The number of nitrogens with zero attached hydrogens (tertiary/aromatic N) is 2. The summed E-state index contributed by atoms with van der Waals surface area (Å²) in [5, 5.41) is 2.66. The summed E-state index contributed by atoms with van der Waals surface area (Å²) in [6, 6.07) is 9.47. The summed E-state index contributed by atoms with van der Waals surface area (Å²) < 4.78 is 5.77. The van der Waals surface area contributed by atoms with Crippen molar-refractivity contribution < 1.29 is 14.3 Å². The van der Waals surface area contributed by atoms with Crippen LogP contribution in [0.25, 0.3) is 0 Å². The predicted molar refractivity (Wildman–Crippen MR) is 116 cm³/mol. The lowest BCUT2D eigenvalue weighted by Gasteiger charge is -2.38.